The summed E-state index contributed by atoms with van der Waals surface area (Å²) in [7, 11) is 7.54. The molecule has 2 aliphatic rings. The van der Waals surface area contributed by atoms with E-state index in [1.165, 1.54) is 21.3 Å². The first-order valence-electron chi connectivity index (χ1n) is 24.3. The van der Waals surface area contributed by atoms with Gasteiger partial charge in [-0.25, -0.2) is 9.97 Å². The van der Waals surface area contributed by atoms with Gasteiger partial charge in [-0.15, -0.1) is 23.2 Å². The second-order valence-electron chi connectivity index (χ2n) is 17.9. The van der Waals surface area contributed by atoms with Gasteiger partial charge in [0.1, 0.15) is 17.4 Å². The Morgan fingerprint density at radius 2 is 1.04 bits per heavy atom. The van der Waals surface area contributed by atoms with Crippen LogP contribution in [0.5, 0.6) is 11.5 Å². The van der Waals surface area contributed by atoms with E-state index >= 15 is 0 Å². The summed E-state index contributed by atoms with van der Waals surface area (Å²) in [5.41, 5.74) is 12.3. The molecule has 5 N–H and O–H groups in total. The number of carbonyl (C=O) groups excluding carboxylic acids is 2. The first kappa shape index (κ1) is 55.2. The van der Waals surface area contributed by atoms with E-state index in [9.17, 15) is 19.2 Å². The van der Waals surface area contributed by atoms with Crippen molar-refractivity contribution in [3.8, 4) is 22.9 Å². The number of nitrogens with two attached hydrogens (primary N) is 1. The predicted molar refractivity (Wildman–Crippen MR) is 308 cm³/mol. The molecule has 0 saturated carbocycles. The lowest BCUT2D eigenvalue weighted by Gasteiger charge is -2.34. The number of anilines is 8. The number of nitrogens with one attached hydrogen (secondary N) is 3. The third-order valence-electron chi connectivity index (χ3n) is 12.6. The summed E-state index contributed by atoms with van der Waals surface area (Å²) in [6.07, 6.45) is 3.35. The fraction of sp³-hybridized carbons (Fsp3) is 0.259. The van der Waals surface area contributed by atoms with Crippen LogP contribution in [0.1, 0.15) is 0 Å². The van der Waals surface area contributed by atoms with Crippen LogP contribution in [0.25, 0.3) is 33.4 Å². The number of aromatic nitrogens is 6. The van der Waals surface area contributed by atoms with Gasteiger partial charge in [0.2, 0.25) is 23.0 Å². The van der Waals surface area contributed by atoms with Gasteiger partial charge >= 0.3 is 0 Å². The van der Waals surface area contributed by atoms with Gasteiger partial charge < -0.3 is 50.8 Å². The number of halogens is 3. The number of amides is 1. The van der Waals surface area contributed by atoms with Crippen LogP contribution in [-0.2, 0) is 9.59 Å². The second-order valence-corrected chi connectivity index (χ2v) is 18.8. The number of hydrogen-bond donors (Lipinski definition) is 4. The third kappa shape index (κ3) is 13.9. The van der Waals surface area contributed by atoms with Crippen molar-refractivity contribution in [2.75, 3.05) is 124 Å². The minimum Gasteiger partial charge on any atom is -0.494 e. The Balaban J connectivity index is 0.000000188. The lowest BCUT2D eigenvalue weighted by molar-refractivity contribution is -0.114. The Bertz CT molecular complexity index is 3510. The first-order valence-corrected chi connectivity index (χ1v) is 25.8. The van der Waals surface area contributed by atoms with Gasteiger partial charge in [-0.3, -0.25) is 28.3 Å². The molecule has 8 aromatic rings. The van der Waals surface area contributed by atoms with Crippen molar-refractivity contribution in [2.45, 2.75) is 0 Å². The number of piperazine rings is 2. The van der Waals surface area contributed by atoms with Crippen LogP contribution in [0.3, 0.4) is 0 Å². The summed E-state index contributed by atoms with van der Waals surface area (Å²) < 4.78 is 14.3. The van der Waals surface area contributed by atoms with Gasteiger partial charge in [0.05, 0.1) is 42.8 Å². The molecule has 0 atom stereocenters. The number of alkyl halides is 2. The Labute approximate surface area is 458 Å². The van der Waals surface area contributed by atoms with Crippen molar-refractivity contribution in [1.29, 1.82) is 0 Å². The lowest BCUT2D eigenvalue weighted by Crippen LogP contribution is -2.44. The number of hydrogen-bond acceptors (Lipinski definition) is 17. The maximum atomic E-state index is 12.9. The van der Waals surface area contributed by atoms with Crippen LogP contribution >= 0.6 is 34.8 Å². The molecular weight excluding hydrogens is 1050 g/mol. The summed E-state index contributed by atoms with van der Waals surface area (Å²) in [5, 5.41) is 10.1. The summed E-state index contributed by atoms with van der Waals surface area (Å²) in [6.45, 7) is 7.93. The lowest BCUT2D eigenvalue weighted by atomic mass is 10.2. The molecule has 2 aliphatic heterocycles. The van der Waals surface area contributed by atoms with Gasteiger partial charge in [0.25, 0.3) is 11.1 Å². The van der Waals surface area contributed by atoms with Crippen molar-refractivity contribution in [3.63, 3.8) is 0 Å². The molecule has 6 heterocycles. The van der Waals surface area contributed by atoms with Crippen molar-refractivity contribution in [3.05, 3.63) is 142 Å². The standard InChI is InChI=1S/C27H28ClN7O3.C25H27N7O2.C2H2Cl2O/c1-33-10-12-34(13-11-33)20-7-8-22(23(15-20)38-2)31-27-29-17-18-6-9-25(37)35(26(18)32-27)21-5-3-4-19(14-21)30-24(36)16-28;1-30-10-12-31(13-11-30)19-7-8-21(22(15-19)34-2)28-25-27-16-17-6-9-23(33)32(24(17)29-25)20-5-3-4-18(26)14-20;3-1-2(4)5/h3-9,14-15,17H,10-13,16H2,1-2H3,(H,30,36)(H,29,31,32);3-9,14-16H,10-13,26H2,1-2H3,(H,27,28,29);1H2. The Morgan fingerprint density at radius 3 is 1.47 bits per heavy atom. The van der Waals surface area contributed by atoms with Gasteiger partial charge in [-0.05, 0) is 98.5 Å². The van der Waals surface area contributed by atoms with Crippen molar-refractivity contribution in [2.24, 2.45) is 0 Å². The van der Waals surface area contributed by atoms with E-state index in [1.54, 1.807) is 75.1 Å². The molecule has 2 saturated heterocycles. The number of likely N-dealkylation sites (N-methyl/N-ethyl adjacent to an activating group) is 2. The Morgan fingerprint density at radius 1 is 0.584 bits per heavy atom. The largest absolute Gasteiger partial charge is 0.494 e. The van der Waals surface area contributed by atoms with Crippen LogP contribution in [0.2, 0.25) is 0 Å². The average Bonchev–Trinajstić information content (AvgIpc) is 3.46. The van der Waals surface area contributed by atoms with Crippen LogP contribution in [0, 0.1) is 0 Å². The van der Waals surface area contributed by atoms with E-state index in [0.29, 0.717) is 68.5 Å². The predicted octanol–water partition coefficient (Wildman–Crippen LogP) is 7.32. The number of nitrogens with zero attached hydrogens (tertiary/aromatic N) is 10. The van der Waals surface area contributed by atoms with Gasteiger partial charge in [0.15, 0.2) is 11.3 Å². The number of pyridine rings is 2. The molecule has 2 fully saturated rings. The summed E-state index contributed by atoms with van der Waals surface area (Å²) in [6, 6.07) is 32.5. The molecule has 0 bridgehead atoms. The number of fused-ring (bicyclic) bond motifs is 2. The number of carbonyl (C=O) groups is 2. The highest BCUT2D eigenvalue weighted by Crippen LogP contribution is 2.34. The van der Waals surface area contributed by atoms with Gasteiger partial charge in [-0.1, -0.05) is 12.1 Å². The van der Waals surface area contributed by atoms with Crippen LogP contribution < -0.4 is 52.1 Å². The third-order valence-corrected chi connectivity index (χ3v) is 13.4. The second kappa shape index (κ2) is 25.7. The fourth-order valence-corrected chi connectivity index (χ4v) is 8.63. The Hall–Kier alpha value is -8.01. The van der Waals surface area contributed by atoms with Gasteiger partial charge in [0, 0.05) is 123 Å². The molecule has 0 unspecified atom stereocenters. The van der Waals surface area contributed by atoms with Crippen LogP contribution in [-0.4, -0.2) is 142 Å². The monoisotopic (exact) mass is 1100 g/mol. The highest BCUT2D eigenvalue weighted by Gasteiger charge is 2.19. The normalized spacial score (nSPS) is 13.7. The first-order chi connectivity index (χ1) is 37.2. The fourth-order valence-electron chi connectivity index (χ4n) is 8.57. The van der Waals surface area contributed by atoms with E-state index in [0.717, 1.165) is 74.8 Å². The van der Waals surface area contributed by atoms with Gasteiger partial charge in [-0.2, -0.15) is 9.97 Å². The van der Waals surface area contributed by atoms with E-state index < -0.39 is 5.24 Å². The Kier molecular flexibility index (Phi) is 18.4. The molecule has 20 nitrogen and oxygen atoms in total. The molecule has 400 valence electrons. The topological polar surface area (TPSA) is 223 Å². The minimum absolute atomic E-state index is 0.0957. The molecule has 1 amide bonds. The van der Waals surface area contributed by atoms with E-state index in [2.05, 4.69) is 75.6 Å². The van der Waals surface area contributed by atoms with E-state index in [1.807, 2.05) is 42.5 Å². The molecule has 23 heteroatoms. The number of ether oxygens (including phenoxy) is 2. The SMILES string of the molecule is COc1cc(N2CCN(C)CC2)ccc1Nc1ncc2ccc(=O)n(-c3cccc(N)c3)c2n1.COc1cc(N2CCN(C)CC2)ccc1Nc1ncc2ccc(=O)n(-c3cccc(NC(=O)CCl)c3)c2n1.O=C(Cl)CCl. The summed E-state index contributed by atoms with van der Waals surface area (Å²) >= 11 is 15.2. The maximum absolute atomic E-state index is 12.9. The summed E-state index contributed by atoms with van der Waals surface area (Å²) in [4.78, 5) is 74.4. The van der Waals surface area contributed by atoms with Crippen LogP contribution in [0.15, 0.2) is 131 Å². The molecule has 0 aliphatic carbocycles. The molecular formula is C54H57Cl3N14O6. The molecule has 0 spiro atoms. The smallest absolute Gasteiger partial charge is 0.256 e. The zero-order chi connectivity index (χ0) is 54.6. The van der Waals surface area contributed by atoms with Crippen LogP contribution in [0.4, 0.5) is 46.0 Å². The minimum atomic E-state index is -0.508. The highest BCUT2D eigenvalue weighted by molar-refractivity contribution is 6.67. The molecule has 4 aromatic carbocycles. The molecule has 0 radical (unpaired) electrons. The zero-order valence-corrected chi connectivity index (χ0v) is 45.0. The van der Waals surface area contributed by atoms with Crippen molar-refractivity contribution < 1.29 is 19.1 Å². The average molecular weight is 1100 g/mol. The van der Waals surface area contributed by atoms with E-state index in [-0.39, 0.29) is 28.8 Å². The van der Waals surface area contributed by atoms with Crippen molar-refractivity contribution >= 4 is 114 Å². The zero-order valence-electron chi connectivity index (χ0n) is 42.8. The summed E-state index contributed by atoms with van der Waals surface area (Å²) in [5.74, 6) is 1.44. The maximum Gasteiger partial charge on any atom is 0.256 e. The number of benzene rings is 4. The van der Waals surface area contributed by atoms with E-state index in [4.69, 9.17) is 50.0 Å². The number of methoxy groups -OCH3 is 2. The number of nitrogen functional groups attached to an aromatic ring is 1. The number of rotatable bonds is 13. The highest BCUT2D eigenvalue weighted by atomic mass is 35.5. The molecule has 77 heavy (non-hydrogen) atoms. The molecule has 4 aromatic heterocycles. The van der Waals surface area contributed by atoms with Crippen molar-refractivity contribution in [1.82, 2.24) is 38.9 Å². The quantitative estimate of drug-likeness (QED) is 0.0504. The molecule has 10 rings (SSSR count).